The van der Waals surface area contributed by atoms with Crippen LogP contribution in [0, 0.1) is 10.1 Å². The second kappa shape index (κ2) is 10.1. The molecule has 0 radical (unpaired) electrons. The number of nitro benzene ring substituents is 1. The van der Waals surface area contributed by atoms with Gasteiger partial charge in [-0.25, -0.2) is 5.43 Å². The van der Waals surface area contributed by atoms with Gasteiger partial charge in [-0.15, -0.1) is 0 Å². The minimum atomic E-state index is -0.490. The Balaban J connectivity index is 1.64. The molecule has 0 saturated heterocycles. The summed E-state index contributed by atoms with van der Waals surface area (Å²) < 4.78 is 17.4. The van der Waals surface area contributed by atoms with Crippen LogP contribution < -0.4 is 19.6 Å². The summed E-state index contributed by atoms with van der Waals surface area (Å²) in [7, 11) is 4.52. The van der Waals surface area contributed by atoms with E-state index < -0.39 is 10.8 Å². The lowest BCUT2D eigenvalue weighted by Crippen LogP contribution is -2.18. The molecular formula is C21H21N5O6. The summed E-state index contributed by atoms with van der Waals surface area (Å²) in [6, 6.07) is 11.1. The number of nitrogens with zero attached hydrogens (tertiary/aromatic N) is 4. The maximum absolute atomic E-state index is 12.3. The van der Waals surface area contributed by atoms with Crippen molar-refractivity contribution in [2.75, 3.05) is 21.3 Å². The highest BCUT2D eigenvalue weighted by Gasteiger charge is 2.13. The molecule has 11 heteroatoms. The van der Waals surface area contributed by atoms with Crippen molar-refractivity contribution in [2.24, 2.45) is 5.10 Å². The molecule has 1 aromatic heterocycles. The molecule has 2 aromatic carbocycles. The van der Waals surface area contributed by atoms with Crippen molar-refractivity contribution in [1.29, 1.82) is 0 Å². The van der Waals surface area contributed by atoms with E-state index in [1.54, 1.807) is 41.2 Å². The first kappa shape index (κ1) is 22.3. The number of ether oxygens (including phenoxy) is 3. The number of aromatic nitrogens is 2. The van der Waals surface area contributed by atoms with E-state index in [0.29, 0.717) is 29.4 Å². The van der Waals surface area contributed by atoms with Gasteiger partial charge in [-0.05, 0) is 23.8 Å². The van der Waals surface area contributed by atoms with Gasteiger partial charge in [-0.2, -0.15) is 10.2 Å². The Morgan fingerprint density at radius 1 is 1.12 bits per heavy atom. The fraction of sp³-hybridized carbons (Fsp3) is 0.190. The molecule has 1 N–H and O–H groups in total. The molecule has 0 atom stereocenters. The Hall–Kier alpha value is -4.41. The lowest BCUT2D eigenvalue weighted by molar-refractivity contribution is -0.384. The number of rotatable bonds is 9. The summed E-state index contributed by atoms with van der Waals surface area (Å²) >= 11 is 0. The predicted octanol–water partition coefficient (Wildman–Crippen LogP) is 2.63. The minimum Gasteiger partial charge on any atom is -0.493 e. The quantitative estimate of drug-likeness (QED) is 0.308. The van der Waals surface area contributed by atoms with Crippen molar-refractivity contribution < 1.29 is 23.9 Å². The second-order valence-electron chi connectivity index (χ2n) is 6.48. The molecule has 0 aliphatic rings. The van der Waals surface area contributed by atoms with Crippen molar-refractivity contribution in [1.82, 2.24) is 15.2 Å². The molecule has 1 heterocycles. The Morgan fingerprint density at radius 3 is 2.34 bits per heavy atom. The normalized spacial score (nSPS) is 10.7. The van der Waals surface area contributed by atoms with Gasteiger partial charge in [0.25, 0.3) is 11.6 Å². The highest BCUT2D eigenvalue weighted by Crippen LogP contribution is 2.37. The van der Waals surface area contributed by atoms with Crippen molar-refractivity contribution in [3.8, 4) is 17.2 Å². The molecule has 3 aromatic rings. The van der Waals surface area contributed by atoms with Crippen LogP contribution in [0.4, 0.5) is 5.69 Å². The number of nitro groups is 1. The van der Waals surface area contributed by atoms with Crippen LogP contribution in [0.15, 0.2) is 53.8 Å². The number of amides is 1. The van der Waals surface area contributed by atoms with Crippen molar-refractivity contribution in [2.45, 2.75) is 6.54 Å². The number of hydrogen-bond acceptors (Lipinski definition) is 8. The number of non-ortho nitro benzene ring substituents is 1. The number of hydrazone groups is 1. The van der Waals surface area contributed by atoms with E-state index in [2.05, 4.69) is 15.6 Å². The number of methoxy groups -OCH3 is 3. The molecule has 0 fully saturated rings. The largest absolute Gasteiger partial charge is 0.493 e. The monoisotopic (exact) mass is 439 g/mol. The van der Waals surface area contributed by atoms with Gasteiger partial charge in [0.2, 0.25) is 5.75 Å². The zero-order valence-electron chi connectivity index (χ0n) is 17.6. The summed E-state index contributed by atoms with van der Waals surface area (Å²) in [5.74, 6) is 0.889. The van der Waals surface area contributed by atoms with E-state index in [1.165, 1.54) is 39.7 Å². The molecule has 0 aliphatic carbocycles. The van der Waals surface area contributed by atoms with E-state index in [1.807, 2.05) is 0 Å². The fourth-order valence-electron chi connectivity index (χ4n) is 2.88. The highest BCUT2D eigenvalue weighted by molar-refractivity contribution is 5.93. The molecule has 11 nitrogen and oxygen atoms in total. The average Bonchev–Trinajstić information content (AvgIpc) is 3.27. The third-order valence-corrected chi connectivity index (χ3v) is 4.43. The van der Waals surface area contributed by atoms with Gasteiger partial charge in [-0.1, -0.05) is 12.1 Å². The molecule has 3 rings (SSSR count). The van der Waals surface area contributed by atoms with Crippen LogP contribution in [0.3, 0.4) is 0 Å². The maximum Gasteiger partial charge on any atom is 0.291 e. The van der Waals surface area contributed by atoms with E-state index in [9.17, 15) is 14.9 Å². The summed E-state index contributed by atoms with van der Waals surface area (Å²) in [6.45, 7) is 0.361. The maximum atomic E-state index is 12.3. The molecule has 166 valence electrons. The first-order valence-corrected chi connectivity index (χ1v) is 9.35. The fourth-order valence-corrected chi connectivity index (χ4v) is 2.88. The lowest BCUT2D eigenvalue weighted by atomic mass is 10.2. The van der Waals surface area contributed by atoms with Crippen LogP contribution in [0.25, 0.3) is 0 Å². The summed E-state index contributed by atoms with van der Waals surface area (Å²) in [4.78, 5) is 22.6. The third-order valence-electron chi connectivity index (χ3n) is 4.43. The van der Waals surface area contributed by atoms with Crippen molar-refractivity contribution in [3.05, 3.63) is 75.6 Å². The Bertz CT molecular complexity index is 1110. The first-order valence-electron chi connectivity index (χ1n) is 9.35. The van der Waals surface area contributed by atoms with E-state index in [-0.39, 0.29) is 11.4 Å². The number of nitrogens with one attached hydrogen (secondary N) is 1. The van der Waals surface area contributed by atoms with Gasteiger partial charge < -0.3 is 14.2 Å². The summed E-state index contributed by atoms with van der Waals surface area (Å²) in [5.41, 5.74) is 4.04. The molecule has 0 saturated carbocycles. The van der Waals surface area contributed by atoms with Gasteiger partial charge >= 0.3 is 0 Å². The number of hydrogen-bond donors (Lipinski definition) is 1. The highest BCUT2D eigenvalue weighted by atomic mass is 16.6. The number of benzene rings is 2. The van der Waals surface area contributed by atoms with Crippen LogP contribution in [-0.4, -0.2) is 48.2 Å². The lowest BCUT2D eigenvalue weighted by Gasteiger charge is -2.12. The minimum absolute atomic E-state index is 0.0132. The van der Waals surface area contributed by atoms with Crippen LogP contribution in [0.1, 0.15) is 21.6 Å². The van der Waals surface area contributed by atoms with Gasteiger partial charge in [-0.3, -0.25) is 19.6 Å². The standard InChI is InChI=1S/C21H21N5O6/c1-30-18-10-15(11-19(31-2)20(18)32-3)12-22-23-21(27)17-8-9-25(24-17)13-14-4-6-16(7-5-14)26(28)29/h4-12H,13H2,1-3H3,(H,23,27)/b22-12-. The van der Waals surface area contributed by atoms with Gasteiger partial charge in [0.05, 0.1) is 39.0 Å². The molecule has 0 unspecified atom stereocenters. The van der Waals surface area contributed by atoms with E-state index in [4.69, 9.17) is 14.2 Å². The summed E-state index contributed by atoms with van der Waals surface area (Å²) in [6.07, 6.45) is 3.08. The van der Waals surface area contributed by atoms with Crippen LogP contribution in [0.5, 0.6) is 17.2 Å². The van der Waals surface area contributed by atoms with E-state index in [0.717, 1.165) is 5.56 Å². The molecule has 0 spiro atoms. The number of carbonyl (C=O) groups is 1. The Kier molecular flexibility index (Phi) is 7.01. The molecular weight excluding hydrogens is 418 g/mol. The summed E-state index contributed by atoms with van der Waals surface area (Å²) in [5, 5.41) is 18.9. The first-order chi connectivity index (χ1) is 15.4. The molecule has 0 aliphatic heterocycles. The Labute approximate surface area is 183 Å². The van der Waals surface area contributed by atoms with Crippen LogP contribution in [0.2, 0.25) is 0 Å². The molecule has 0 bridgehead atoms. The predicted molar refractivity (Wildman–Crippen MR) is 116 cm³/mol. The van der Waals surface area contributed by atoms with Gasteiger partial charge in [0.1, 0.15) is 0 Å². The van der Waals surface area contributed by atoms with E-state index >= 15 is 0 Å². The Morgan fingerprint density at radius 2 is 1.78 bits per heavy atom. The van der Waals surface area contributed by atoms with Gasteiger partial charge in [0.15, 0.2) is 17.2 Å². The van der Waals surface area contributed by atoms with Crippen molar-refractivity contribution in [3.63, 3.8) is 0 Å². The van der Waals surface area contributed by atoms with Gasteiger partial charge in [0, 0.05) is 23.9 Å². The van der Waals surface area contributed by atoms with Crippen LogP contribution in [-0.2, 0) is 6.54 Å². The second-order valence-corrected chi connectivity index (χ2v) is 6.48. The topological polar surface area (TPSA) is 130 Å². The zero-order chi connectivity index (χ0) is 23.1. The smallest absolute Gasteiger partial charge is 0.291 e. The molecule has 1 amide bonds. The average molecular weight is 439 g/mol. The SMILES string of the molecule is COc1cc(/C=N\NC(=O)c2ccn(Cc3ccc([N+](=O)[O-])cc3)n2)cc(OC)c1OC. The molecule has 32 heavy (non-hydrogen) atoms. The van der Waals surface area contributed by atoms with Crippen LogP contribution >= 0.6 is 0 Å². The zero-order valence-corrected chi connectivity index (χ0v) is 17.6. The third kappa shape index (κ3) is 5.19. The van der Waals surface area contributed by atoms with Crippen molar-refractivity contribution >= 4 is 17.8 Å². The number of carbonyl (C=O) groups excluding carboxylic acids is 1.